The van der Waals surface area contributed by atoms with Gasteiger partial charge in [0.1, 0.15) is 0 Å². The predicted octanol–water partition coefficient (Wildman–Crippen LogP) is 0.505. The van der Waals surface area contributed by atoms with Crippen LogP contribution in [0.3, 0.4) is 0 Å². The fourth-order valence-electron chi connectivity index (χ4n) is 2.87. The summed E-state index contributed by atoms with van der Waals surface area (Å²) in [4.78, 5) is 0. The van der Waals surface area contributed by atoms with Crippen LogP contribution in [0, 0.1) is 16.9 Å². The first-order valence-electron chi connectivity index (χ1n) is 7.58. The Labute approximate surface area is 150 Å². The van der Waals surface area contributed by atoms with Crippen molar-refractivity contribution in [3.63, 3.8) is 0 Å². The number of para-hydroxylation sites is 2. The summed E-state index contributed by atoms with van der Waals surface area (Å²) >= 11 is 1.59. The summed E-state index contributed by atoms with van der Waals surface area (Å²) in [6.45, 7) is 4.42. The third-order valence-electron chi connectivity index (χ3n) is 4.32. The number of aryl methyl sites for hydroxylation is 2. The molecular weight excluding hydrogens is 415 g/mol. The van der Waals surface area contributed by atoms with Gasteiger partial charge >= 0.3 is 151 Å². The van der Waals surface area contributed by atoms with Gasteiger partial charge in [0.05, 0.1) is 0 Å². The van der Waals surface area contributed by atoms with Gasteiger partial charge in [-0.1, -0.05) is 0 Å². The van der Waals surface area contributed by atoms with Crippen LogP contribution in [0.5, 0.6) is 0 Å². The molecule has 0 saturated carbocycles. The Morgan fingerprint density at radius 2 is 1.43 bits per heavy atom. The SMILES string of the molecule is Cc1c2ccccc2[n+]([I-]c2scc(C)[n+]2C)c2ccccc12. The summed E-state index contributed by atoms with van der Waals surface area (Å²) in [7, 11) is 2.18. The van der Waals surface area contributed by atoms with E-state index < -0.39 is 0 Å². The number of hydrogen-bond donors (Lipinski definition) is 0. The first-order valence-corrected chi connectivity index (χ1v) is 10.5. The summed E-state index contributed by atoms with van der Waals surface area (Å²) < 4.78 is 6.38. The van der Waals surface area contributed by atoms with Crippen LogP contribution in [0.15, 0.2) is 53.9 Å². The first-order chi connectivity index (χ1) is 11.2. The second-order valence-corrected chi connectivity index (χ2v) is 9.77. The van der Waals surface area contributed by atoms with Crippen LogP contribution < -0.4 is 28.8 Å². The number of thiazole rings is 1. The zero-order chi connectivity index (χ0) is 16.0. The second kappa shape index (κ2) is 5.83. The van der Waals surface area contributed by atoms with Gasteiger partial charge in [0.15, 0.2) is 0 Å². The topological polar surface area (TPSA) is 7.76 Å². The molecule has 4 heteroatoms. The summed E-state index contributed by atoms with van der Waals surface area (Å²) in [5, 5.41) is 4.98. The summed E-state index contributed by atoms with van der Waals surface area (Å²) in [5.41, 5.74) is 5.42. The van der Waals surface area contributed by atoms with Crippen molar-refractivity contribution in [3.05, 3.63) is 68.2 Å². The minimum absolute atomic E-state index is 0.291. The Bertz CT molecular complexity index is 979. The average molecular weight is 433 g/mol. The number of hydrogen-bond acceptors (Lipinski definition) is 1. The van der Waals surface area contributed by atoms with E-state index in [1.54, 1.807) is 0 Å². The molecule has 4 rings (SSSR count). The number of aromatic nitrogens is 2. The van der Waals surface area contributed by atoms with Gasteiger partial charge in [-0.2, -0.15) is 0 Å². The molecule has 0 atom stereocenters. The van der Waals surface area contributed by atoms with E-state index in [-0.39, 0.29) is 21.5 Å². The van der Waals surface area contributed by atoms with Crippen molar-refractivity contribution in [1.82, 2.24) is 0 Å². The Morgan fingerprint density at radius 1 is 0.870 bits per heavy atom. The molecule has 0 spiro atoms. The molecule has 2 aromatic heterocycles. The first kappa shape index (κ1) is 15.0. The van der Waals surface area contributed by atoms with Crippen molar-refractivity contribution in [2.75, 3.05) is 0 Å². The van der Waals surface area contributed by atoms with E-state index in [0.29, 0.717) is 0 Å². The van der Waals surface area contributed by atoms with Crippen molar-refractivity contribution in [3.8, 4) is 0 Å². The van der Waals surface area contributed by atoms with Gasteiger partial charge in [-0.15, -0.1) is 0 Å². The van der Waals surface area contributed by atoms with E-state index in [1.165, 1.54) is 36.1 Å². The van der Waals surface area contributed by atoms with E-state index in [4.69, 9.17) is 0 Å². The monoisotopic (exact) mass is 433 g/mol. The minimum atomic E-state index is -0.291. The van der Waals surface area contributed by atoms with Crippen molar-refractivity contribution < 1.29 is 28.8 Å². The molecule has 0 radical (unpaired) electrons. The summed E-state index contributed by atoms with van der Waals surface area (Å²) in [5.74, 6) is 0. The van der Waals surface area contributed by atoms with Gasteiger partial charge < -0.3 is 0 Å². The van der Waals surface area contributed by atoms with Gasteiger partial charge in [0.2, 0.25) is 0 Å². The molecule has 0 unspecified atom stereocenters. The number of fused-ring (bicyclic) bond motifs is 2. The molecule has 0 saturated heterocycles. The van der Waals surface area contributed by atoms with E-state index in [2.05, 4.69) is 82.2 Å². The molecule has 2 aromatic carbocycles. The molecule has 116 valence electrons. The average Bonchev–Trinajstić information content (AvgIpc) is 2.90. The van der Waals surface area contributed by atoms with Crippen molar-refractivity contribution in [2.45, 2.75) is 13.8 Å². The fourth-order valence-corrected chi connectivity index (χ4v) is 7.30. The molecule has 23 heavy (non-hydrogen) atoms. The molecule has 0 aliphatic heterocycles. The van der Waals surface area contributed by atoms with E-state index >= 15 is 0 Å². The molecule has 0 aliphatic rings. The summed E-state index contributed by atoms with van der Waals surface area (Å²) in [6.07, 6.45) is 0. The molecule has 0 amide bonds. The van der Waals surface area contributed by atoms with Crippen molar-refractivity contribution >= 4 is 33.1 Å². The summed E-state index contributed by atoms with van der Waals surface area (Å²) in [6, 6.07) is 17.6. The number of pyridine rings is 1. The van der Waals surface area contributed by atoms with Crippen LogP contribution >= 0.6 is 11.3 Å². The number of halogens is 1. The predicted molar refractivity (Wildman–Crippen MR) is 90.7 cm³/mol. The Kier molecular flexibility index (Phi) is 3.81. The zero-order valence-electron chi connectivity index (χ0n) is 13.4. The molecule has 2 nitrogen and oxygen atoms in total. The van der Waals surface area contributed by atoms with Crippen LogP contribution in [-0.4, -0.2) is 0 Å². The second-order valence-electron chi connectivity index (χ2n) is 5.71. The van der Waals surface area contributed by atoms with Crippen molar-refractivity contribution in [1.29, 1.82) is 0 Å². The van der Waals surface area contributed by atoms with E-state index in [9.17, 15) is 0 Å². The number of rotatable bonds is 2. The molecule has 0 fully saturated rings. The molecule has 0 N–H and O–H groups in total. The van der Waals surface area contributed by atoms with Gasteiger partial charge in [0.25, 0.3) is 0 Å². The van der Waals surface area contributed by atoms with Gasteiger partial charge in [-0.3, -0.25) is 0 Å². The molecule has 4 aromatic rings. The van der Waals surface area contributed by atoms with E-state index in [0.717, 1.165) is 0 Å². The van der Waals surface area contributed by atoms with Gasteiger partial charge in [0, 0.05) is 0 Å². The van der Waals surface area contributed by atoms with Gasteiger partial charge in [-0.05, 0) is 0 Å². The van der Waals surface area contributed by atoms with Crippen LogP contribution in [0.1, 0.15) is 11.3 Å². The van der Waals surface area contributed by atoms with Gasteiger partial charge in [-0.25, -0.2) is 0 Å². The Hall–Kier alpha value is -1.53. The van der Waals surface area contributed by atoms with Crippen LogP contribution in [0.2, 0.25) is 0 Å². The molecule has 0 bridgehead atoms. The molecular formula is C19H18IN2S+. The maximum atomic E-state index is 2.56. The Balaban J connectivity index is 2.06. The molecule has 0 aliphatic carbocycles. The third kappa shape index (κ3) is 2.44. The van der Waals surface area contributed by atoms with Crippen LogP contribution in [0.25, 0.3) is 21.8 Å². The van der Waals surface area contributed by atoms with Crippen LogP contribution in [0.4, 0.5) is 0 Å². The van der Waals surface area contributed by atoms with Crippen molar-refractivity contribution in [2.24, 2.45) is 7.05 Å². The number of benzene rings is 2. The quantitative estimate of drug-likeness (QED) is 0.247. The van der Waals surface area contributed by atoms with Crippen LogP contribution in [-0.2, 0) is 7.05 Å². The third-order valence-corrected chi connectivity index (χ3v) is 9.13. The Morgan fingerprint density at radius 3 is 1.96 bits per heavy atom. The fraction of sp³-hybridized carbons (Fsp3) is 0.158. The zero-order valence-corrected chi connectivity index (χ0v) is 16.4. The van der Waals surface area contributed by atoms with E-state index in [1.807, 2.05) is 11.3 Å². The number of nitrogens with zero attached hydrogens (tertiary/aromatic N) is 2. The molecule has 2 heterocycles. The normalized spacial score (nSPS) is 11.6. The standard InChI is InChI=1S/C19H18IN2S/c1-13-12-23-19(21(13)3)20-22-17-10-6-4-8-15(17)14(2)16-9-5-7-11-18(16)22/h4-12H,1-3H3/q+1. The maximum absolute atomic E-state index is 2.56.